The Morgan fingerprint density at radius 2 is 1.18 bits per heavy atom. The van der Waals surface area contributed by atoms with Crippen molar-refractivity contribution >= 4 is 29.3 Å². The van der Waals surface area contributed by atoms with Gasteiger partial charge in [0.2, 0.25) is 0 Å². The molecule has 1 aliphatic carbocycles. The molecule has 0 atom stereocenters. The van der Waals surface area contributed by atoms with E-state index in [1.165, 1.54) is 18.2 Å². The van der Waals surface area contributed by atoms with Crippen LogP contribution in [0.2, 0.25) is 0 Å². The zero-order valence-corrected chi connectivity index (χ0v) is 12.6. The number of ketones is 2. The highest BCUT2D eigenvalue weighted by Crippen LogP contribution is 2.52. The molecule has 0 spiro atoms. The lowest BCUT2D eigenvalue weighted by molar-refractivity contribution is -0.114. The number of hydrogen-bond donors (Lipinski definition) is 0. The summed E-state index contributed by atoms with van der Waals surface area (Å²) in [5.41, 5.74) is 0. The highest BCUT2D eigenvalue weighted by Gasteiger charge is 2.36. The molecule has 22 heavy (non-hydrogen) atoms. The van der Waals surface area contributed by atoms with Crippen molar-refractivity contribution in [3.05, 3.63) is 84.2 Å². The van der Waals surface area contributed by atoms with Crippen LogP contribution in [0.1, 0.15) is 0 Å². The minimum Gasteiger partial charge on any atom is -0.308 e. The van der Waals surface area contributed by atoms with Crippen LogP contribution in [0.25, 0.3) is 0 Å². The Hall–Kier alpha value is -2.51. The van der Waals surface area contributed by atoms with Crippen molar-refractivity contribution in [3.8, 4) is 0 Å². The minimum absolute atomic E-state index is 0.0670. The van der Waals surface area contributed by atoms with Crippen molar-refractivity contribution in [2.24, 2.45) is 0 Å². The quantitative estimate of drug-likeness (QED) is 0.647. The summed E-state index contributed by atoms with van der Waals surface area (Å²) in [5.74, 6) is -0.697. The second-order valence-electron chi connectivity index (χ2n) is 4.91. The van der Waals surface area contributed by atoms with Gasteiger partial charge in [-0.15, -0.1) is 0 Å². The van der Waals surface area contributed by atoms with Crippen molar-refractivity contribution < 1.29 is 14.2 Å². The smallest absolute Gasteiger partial charge is 0.190 e. The van der Waals surface area contributed by atoms with Gasteiger partial charge >= 0.3 is 0 Å². The van der Waals surface area contributed by atoms with Gasteiger partial charge in [0, 0.05) is 16.7 Å². The first kappa shape index (κ1) is 14.4. The lowest BCUT2D eigenvalue weighted by Crippen LogP contribution is -2.22. The number of carbonyl (C=O) groups excluding carboxylic acids is 2. The maximum atomic E-state index is 13.9. The summed E-state index contributed by atoms with van der Waals surface area (Å²) in [4.78, 5) is 23.9. The molecule has 0 saturated carbocycles. The molecule has 1 aliphatic rings. The van der Waals surface area contributed by atoms with Gasteiger partial charge in [0.15, 0.2) is 18.7 Å². The fraction of sp³-hybridized carbons (Fsp3) is 0. The second kappa shape index (κ2) is 5.70. The van der Waals surface area contributed by atoms with Crippen molar-refractivity contribution in [2.45, 2.75) is 0 Å². The Bertz CT molecular complexity index is 790. The Morgan fingerprint density at radius 3 is 1.68 bits per heavy atom. The second-order valence-corrected chi connectivity index (χ2v) is 7.64. The number of rotatable bonds is 3. The first-order valence-electron chi connectivity index (χ1n) is 6.82. The number of carbonyl (C=O) groups is 2. The number of benzene rings is 2. The fourth-order valence-corrected chi connectivity index (χ4v) is 5.18. The lowest BCUT2D eigenvalue weighted by atomic mass is 10.2. The lowest BCUT2D eigenvalue weighted by Gasteiger charge is -2.22. The van der Waals surface area contributed by atoms with Crippen LogP contribution in [0.15, 0.2) is 84.2 Å². The summed E-state index contributed by atoms with van der Waals surface area (Å²) < 4.78 is 13.9. The van der Waals surface area contributed by atoms with Gasteiger partial charge in [-0.1, -0.05) is 60.7 Å². The molecule has 0 aliphatic heterocycles. The fourth-order valence-electron chi connectivity index (χ4n) is 2.45. The highest BCUT2D eigenvalue weighted by atomic mass is 31.2. The summed E-state index contributed by atoms with van der Waals surface area (Å²) in [6.07, 6.45) is 3.59. The molecule has 3 nitrogen and oxygen atoms in total. The molecule has 0 heterocycles. The van der Waals surface area contributed by atoms with E-state index in [2.05, 4.69) is 0 Å². The molecule has 0 bridgehead atoms. The van der Waals surface area contributed by atoms with Crippen LogP contribution in [0.4, 0.5) is 0 Å². The van der Waals surface area contributed by atoms with Crippen molar-refractivity contribution in [1.82, 2.24) is 0 Å². The maximum absolute atomic E-state index is 13.9. The molecule has 0 fully saturated rings. The van der Waals surface area contributed by atoms with Crippen LogP contribution in [-0.2, 0) is 14.2 Å². The van der Waals surface area contributed by atoms with Crippen molar-refractivity contribution in [3.63, 3.8) is 0 Å². The summed E-state index contributed by atoms with van der Waals surface area (Å²) in [7, 11) is -3.35. The minimum atomic E-state index is -3.35. The molecule has 0 unspecified atom stereocenters. The van der Waals surface area contributed by atoms with Gasteiger partial charge in [-0.2, -0.15) is 0 Å². The predicted molar refractivity (Wildman–Crippen MR) is 87.0 cm³/mol. The third-order valence-electron chi connectivity index (χ3n) is 3.51. The molecule has 0 radical (unpaired) electrons. The van der Waals surface area contributed by atoms with Gasteiger partial charge in [0.1, 0.15) is 0 Å². The van der Waals surface area contributed by atoms with E-state index in [1.807, 2.05) is 12.1 Å². The third-order valence-corrected chi connectivity index (χ3v) is 6.59. The molecule has 108 valence electrons. The molecule has 0 saturated heterocycles. The number of allylic oxidation sites excluding steroid dienone is 4. The van der Waals surface area contributed by atoms with Crippen LogP contribution in [0.3, 0.4) is 0 Å². The monoisotopic (exact) mass is 308 g/mol. The van der Waals surface area contributed by atoms with Crippen LogP contribution in [0.5, 0.6) is 0 Å². The van der Waals surface area contributed by atoms with E-state index in [0.29, 0.717) is 10.6 Å². The van der Waals surface area contributed by atoms with Crippen molar-refractivity contribution in [1.29, 1.82) is 0 Å². The molecule has 0 aromatic heterocycles. The van der Waals surface area contributed by atoms with Crippen molar-refractivity contribution in [2.75, 3.05) is 0 Å². The first-order valence-corrected chi connectivity index (χ1v) is 8.53. The molecule has 2 aromatic carbocycles. The average Bonchev–Trinajstić information content (AvgIpc) is 2.58. The predicted octanol–water partition coefficient (Wildman–Crippen LogP) is 2.59. The maximum Gasteiger partial charge on any atom is 0.190 e. The molecule has 3 rings (SSSR count). The summed E-state index contributed by atoms with van der Waals surface area (Å²) >= 11 is 0. The summed E-state index contributed by atoms with van der Waals surface area (Å²) in [6, 6.07) is 17.6. The third kappa shape index (κ3) is 2.40. The molecule has 2 aromatic rings. The molecule has 0 amide bonds. The molecule has 4 heteroatoms. The van der Waals surface area contributed by atoms with Gasteiger partial charge in [0.25, 0.3) is 0 Å². The Morgan fingerprint density at radius 1 is 0.682 bits per heavy atom. The summed E-state index contributed by atoms with van der Waals surface area (Å²) in [5, 5.41) is 1.16. The van der Waals surface area contributed by atoms with Gasteiger partial charge < -0.3 is 4.57 Å². The normalized spacial score (nSPS) is 14.8. The van der Waals surface area contributed by atoms with E-state index < -0.39 is 7.14 Å². The molecular formula is C18H13O3P. The average molecular weight is 308 g/mol. The molecule has 0 N–H and O–H groups in total. The number of hydrogen-bond acceptors (Lipinski definition) is 3. The van der Waals surface area contributed by atoms with E-state index in [4.69, 9.17) is 0 Å². The van der Waals surface area contributed by atoms with Gasteiger partial charge in [-0.05, 0) is 12.2 Å². The van der Waals surface area contributed by atoms with Crippen LogP contribution in [-0.4, -0.2) is 11.6 Å². The Balaban J connectivity index is 2.28. The van der Waals surface area contributed by atoms with E-state index in [9.17, 15) is 14.2 Å². The largest absolute Gasteiger partial charge is 0.308 e. The molecular weight excluding hydrogens is 295 g/mol. The van der Waals surface area contributed by atoms with E-state index in [0.717, 1.165) is 0 Å². The van der Waals surface area contributed by atoms with Crippen LogP contribution in [0, 0.1) is 0 Å². The standard InChI is InChI=1S/C18H13O3P/c19-14-11-12-17(20)18(13-14)22(21,15-7-3-1-4-8-15)16-9-5-2-6-10-16/h1-13H. The van der Waals surface area contributed by atoms with Gasteiger partial charge in [0.05, 0.1) is 5.31 Å². The SMILES string of the molecule is O=C1C=CC(=O)C(P(=O)(c2ccccc2)c2ccccc2)=C1. The Labute approximate surface area is 128 Å². The van der Waals surface area contributed by atoms with Gasteiger partial charge in [-0.25, -0.2) is 0 Å². The zero-order valence-electron chi connectivity index (χ0n) is 11.7. The first-order chi connectivity index (χ1) is 10.6. The summed E-state index contributed by atoms with van der Waals surface area (Å²) in [6.45, 7) is 0. The topological polar surface area (TPSA) is 51.2 Å². The highest BCUT2D eigenvalue weighted by molar-refractivity contribution is 7.83. The van der Waals surface area contributed by atoms with Gasteiger partial charge in [-0.3, -0.25) is 9.59 Å². The van der Waals surface area contributed by atoms with E-state index in [-0.39, 0.29) is 16.9 Å². The van der Waals surface area contributed by atoms with Crippen LogP contribution >= 0.6 is 7.14 Å². The van der Waals surface area contributed by atoms with E-state index in [1.54, 1.807) is 48.5 Å². The van der Waals surface area contributed by atoms with E-state index >= 15 is 0 Å². The zero-order chi connectivity index (χ0) is 15.6. The Kier molecular flexibility index (Phi) is 3.74. The van der Waals surface area contributed by atoms with Crippen LogP contribution < -0.4 is 10.6 Å².